The molecule has 15 nitrogen and oxygen atoms in total. The van der Waals surface area contributed by atoms with Crippen molar-refractivity contribution in [3.63, 3.8) is 0 Å². The molecule has 3 heterocycles. The third kappa shape index (κ3) is 8.64. The van der Waals surface area contributed by atoms with Gasteiger partial charge in [-0.1, -0.05) is 23.5 Å². The molecule has 0 amide bonds. The highest BCUT2D eigenvalue weighted by molar-refractivity contribution is 7.20. The fourth-order valence-corrected chi connectivity index (χ4v) is 4.77. The quantitative estimate of drug-likeness (QED) is 0.0822. The molecule has 1 unspecified atom stereocenters. The van der Waals surface area contributed by atoms with E-state index in [1.165, 1.54) is 16.0 Å². The van der Waals surface area contributed by atoms with Crippen molar-refractivity contribution in [1.82, 2.24) is 24.7 Å². The average Bonchev–Trinajstić information content (AvgIpc) is 3.63. The molecule has 4 aromatic rings. The van der Waals surface area contributed by atoms with E-state index in [-0.39, 0.29) is 24.0 Å². The smallest absolute Gasteiger partial charge is 0.293 e. The lowest BCUT2D eigenvalue weighted by Gasteiger charge is -2.18. The number of para-hydroxylation sites is 1. The number of methoxy groups -OCH3 is 2. The second-order valence-corrected chi connectivity index (χ2v) is 10.2. The lowest BCUT2D eigenvalue weighted by molar-refractivity contribution is -0.128. The molecule has 16 heteroatoms. The van der Waals surface area contributed by atoms with E-state index in [4.69, 9.17) is 14.2 Å². The van der Waals surface area contributed by atoms with Gasteiger partial charge in [0.1, 0.15) is 11.6 Å². The molecule has 226 valence electrons. The number of carbonyl (C=O) groups is 1. The van der Waals surface area contributed by atoms with Gasteiger partial charge in [0.25, 0.3) is 6.47 Å². The molecule has 1 atom stereocenters. The van der Waals surface area contributed by atoms with Gasteiger partial charge in [0, 0.05) is 40.0 Å². The van der Waals surface area contributed by atoms with Crippen LogP contribution in [0.4, 0.5) is 29.1 Å². The van der Waals surface area contributed by atoms with Gasteiger partial charge in [0.15, 0.2) is 17.3 Å². The van der Waals surface area contributed by atoms with Gasteiger partial charge in [-0.3, -0.25) is 4.79 Å². The van der Waals surface area contributed by atoms with Crippen LogP contribution in [0.3, 0.4) is 0 Å². The third-order valence-corrected chi connectivity index (χ3v) is 6.86. The molecule has 0 spiro atoms. The summed E-state index contributed by atoms with van der Waals surface area (Å²) in [5.41, 5.74) is 1.40. The van der Waals surface area contributed by atoms with Crippen molar-refractivity contribution in [2.75, 3.05) is 63.1 Å². The number of thiazole rings is 1. The first-order valence-corrected chi connectivity index (χ1v) is 14.3. The molecule has 0 aliphatic heterocycles. The van der Waals surface area contributed by atoms with E-state index in [2.05, 4.69) is 52.3 Å². The molecule has 43 heavy (non-hydrogen) atoms. The first-order valence-electron chi connectivity index (χ1n) is 13.5. The Morgan fingerprint density at radius 1 is 1.07 bits per heavy atom. The standard InChI is InChI=1S/C27H33N11O4S/c1-18(16-41-3)31-25-22(24(29-10-6-12-40-2)33-26(34-25)30-11-7-13-42-17-39)35-36-23-19(14-28)15-38(37-23)27-32-20-8-4-5-9-21(20)43-27/h4-5,8-9,15,17-18H,6-7,10-13,16H2,1-3H3,(H3,29,30,31,33,34). The lowest BCUT2D eigenvalue weighted by atomic mass is 10.3. The number of nitrogens with one attached hydrogen (secondary N) is 3. The molecule has 1 aromatic carbocycles. The van der Waals surface area contributed by atoms with Crippen molar-refractivity contribution in [2.24, 2.45) is 10.2 Å². The molecule has 4 rings (SSSR count). The number of azo groups is 1. The monoisotopic (exact) mass is 607 g/mol. The summed E-state index contributed by atoms with van der Waals surface area (Å²) in [5.74, 6) is 1.27. The Balaban J connectivity index is 1.69. The highest BCUT2D eigenvalue weighted by atomic mass is 32.1. The number of hydrogen-bond acceptors (Lipinski definition) is 15. The van der Waals surface area contributed by atoms with Crippen molar-refractivity contribution in [1.29, 1.82) is 5.26 Å². The number of hydrogen-bond donors (Lipinski definition) is 3. The Kier molecular flexibility index (Phi) is 11.7. The molecule has 0 saturated heterocycles. The van der Waals surface area contributed by atoms with Crippen LogP contribution in [0.5, 0.6) is 0 Å². The SMILES string of the molecule is COCCCNc1nc(NCCCOC=O)nc(NC(C)COC)c1N=Nc1nn(-c2nc3ccccc3s2)cc1C#N. The van der Waals surface area contributed by atoms with E-state index < -0.39 is 0 Å². The normalized spacial score (nSPS) is 11.9. The van der Waals surface area contributed by atoms with Crippen molar-refractivity contribution >= 4 is 57.1 Å². The van der Waals surface area contributed by atoms with Gasteiger partial charge in [-0.05, 0) is 31.9 Å². The molecule has 0 radical (unpaired) electrons. The van der Waals surface area contributed by atoms with Gasteiger partial charge in [-0.15, -0.1) is 15.3 Å². The van der Waals surface area contributed by atoms with Gasteiger partial charge in [-0.25, -0.2) is 9.67 Å². The molecular formula is C27H33N11O4S. The number of carbonyl (C=O) groups excluding carboxylic acids is 1. The first kappa shape index (κ1) is 31.2. The van der Waals surface area contributed by atoms with Gasteiger partial charge >= 0.3 is 0 Å². The number of aromatic nitrogens is 5. The van der Waals surface area contributed by atoms with Gasteiger partial charge < -0.3 is 30.2 Å². The van der Waals surface area contributed by atoms with Crippen LogP contribution in [-0.2, 0) is 19.0 Å². The molecule has 3 N–H and O–H groups in total. The van der Waals surface area contributed by atoms with Crippen LogP contribution < -0.4 is 16.0 Å². The van der Waals surface area contributed by atoms with Crippen LogP contribution in [0.1, 0.15) is 25.3 Å². The van der Waals surface area contributed by atoms with Crippen molar-refractivity contribution < 1.29 is 19.0 Å². The largest absolute Gasteiger partial charge is 0.468 e. The number of rotatable bonds is 18. The molecule has 0 aliphatic carbocycles. The van der Waals surface area contributed by atoms with Crippen LogP contribution >= 0.6 is 11.3 Å². The van der Waals surface area contributed by atoms with Gasteiger partial charge in [0.2, 0.25) is 16.9 Å². The van der Waals surface area contributed by atoms with E-state index in [1.54, 1.807) is 20.4 Å². The minimum Gasteiger partial charge on any atom is -0.468 e. The zero-order chi connectivity index (χ0) is 30.4. The predicted molar refractivity (Wildman–Crippen MR) is 163 cm³/mol. The maximum absolute atomic E-state index is 10.4. The maximum atomic E-state index is 10.4. The minimum atomic E-state index is -0.128. The number of ether oxygens (including phenoxy) is 3. The maximum Gasteiger partial charge on any atom is 0.293 e. The second kappa shape index (κ2) is 16.1. The van der Waals surface area contributed by atoms with E-state index in [0.29, 0.717) is 67.6 Å². The zero-order valence-electron chi connectivity index (χ0n) is 24.1. The summed E-state index contributed by atoms with van der Waals surface area (Å²) in [5, 5.41) is 33.5. The summed E-state index contributed by atoms with van der Waals surface area (Å²) < 4.78 is 17.8. The van der Waals surface area contributed by atoms with E-state index in [9.17, 15) is 10.1 Å². The third-order valence-electron chi connectivity index (χ3n) is 5.83. The number of fused-ring (bicyclic) bond motifs is 1. The number of anilines is 3. The van der Waals surface area contributed by atoms with Crippen LogP contribution in [0.15, 0.2) is 40.7 Å². The summed E-state index contributed by atoms with van der Waals surface area (Å²) in [7, 11) is 3.25. The van der Waals surface area contributed by atoms with Crippen LogP contribution in [0.2, 0.25) is 0 Å². The number of nitrogens with zero attached hydrogens (tertiary/aromatic N) is 8. The van der Waals surface area contributed by atoms with Crippen molar-refractivity contribution in [3.8, 4) is 11.2 Å². The lowest BCUT2D eigenvalue weighted by Crippen LogP contribution is -2.22. The Labute approximate surface area is 252 Å². The summed E-state index contributed by atoms with van der Waals surface area (Å²) in [6.07, 6.45) is 2.86. The van der Waals surface area contributed by atoms with E-state index >= 15 is 0 Å². The molecule has 0 bridgehead atoms. The van der Waals surface area contributed by atoms with E-state index in [0.717, 1.165) is 16.6 Å². The molecule has 0 saturated carbocycles. The van der Waals surface area contributed by atoms with Gasteiger partial charge in [0.05, 0.1) is 29.6 Å². The molecule has 0 fully saturated rings. The molecular weight excluding hydrogens is 574 g/mol. The van der Waals surface area contributed by atoms with Gasteiger partial charge in [-0.2, -0.15) is 15.2 Å². The number of benzene rings is 1. The Morgan fingerprint density at radius 3 is 2.63 bits per heavy atom. The summed E-state index contributed by atoms with van der Waals surface area (Å²) >= 11 is 1.45. The fourth-order valence-electron chi connectivity index (χ4n) is 3.88. The summed E-state index contributed by atoms with van der Waals surface area (Å²) in [6, 6.07) is 9.76. The first-order chi connectivity index (χ1) is 21.1. The fraction of sp³-hybridized carbons (Fsp3) is 0.407. The van der Waals surface area contributed by atoms with E-state index in [1.807, 2.05) is 31.2 Å². The topological polar surface area (TPSA) is 186 Å². The van der Waals surface area contributed by atoms with Crippen molar-refractivity contribution in [3.05, 3.63) is 36.0 Å². The van der Waals surface area contributed by atoms with Crippen molar-refractivity contribution in [2.45, 2.75) is 25.8 Å². The zero-order valence-corrected chi connectivity index (χ0v) is 24.9. The highest BCUT2D eigenvalue weighted by Crippen LogP contribution is 2.35. The summed E-state index contributed by atoms with van der Waals surface area (Å²) in [6.45, 7) is 4.61. The summed E-state index contributed by atoms with van der Waals surface area (Å²) in [4.78, 5) is 24.3. The predicted octanol–water partition coefficient (Wildman–Crippen LogP) is 4.43. The highest BCUT2D eigenvalue weighted by Gasteiger charge is 2.18. The molecule has 3 aromatic heterocycles. The Hall–Kier alpha value is -4.72. The number of nitriles is 1. The Morgan fingerprint density at radius 2 is 1.86 bits per heavy atom. The average molecular weight is 608 g/mol. The molecule has 0 aliphatic rings. The van der Waals surface area contributed by atoms with Crippen LogP contribution in [-0.4, -0.2) is 84.4 Å². The minimum absolute atomic E-state index is 0.125. The van der Waals surface area contributed by atoms with Crippen LogP contribution in [0, 0.1) is 11.3 Å². The second-order valence-electron chi connectivity index (χ2n) is 9.20. The van der Waals surface area contributed by atoms with Crippen LogP contribution in [0.25, 0.3) is 15.3 Å². The Bertz CT molecular complexity index is 1530.